The van der Waals surface area contributed by atoms with Gasteiger partial charge in [-0.1, -0.05) is 0 Å². The number of amides is 1. The van der Waals surface area contributed by atoms with Crippen molar-refractivity contribution in [2.75, 3.05) is 16.8 Å². The summed E-state index contributed by atoms with van der Waals surface area (Å²) in [6.07, 6.45) is 4.28. The third-order valence-corrected chi connectivity index (χ3v) is 6.44. The zero-order valence-electron chi connectivity index (χ0n) is 14.8. The third kappa shape index (κ3) is 3.82. The molecule has 140 valence electrons. The number of hydrogen-bond donors (Lipinski definition) is 1. The average molecular weight is 385 g/mol. The first-order chi connectivity index (χ1) is 12.9. The highest BCUT2D eigenvalue weighted by Crippen LogP contribution is 2.22. The number of aromatic nitrogens is 4. The van der Waals surface area contributed by atoms with E-state index >= 15 is 0 Å². The van der Waals surface area contributed by atoms with Crippen molar-refractivity contribution in [1.29, 1.82) is 0 Å². The van der Waals surface area contributed by atoms with Gasteiger partial charge in [-0.3, -0.25) is 15.1 Å². The molecular formula is C18H19N5O3S. The third-order valence-electron chi connectivity index (χ3n) is 4.72. The number of sulfone groups is 1. The fraction of sp³-hybridized carbons (Fsp3) is 0.333. The molecule has 0 radical (unpaired) electrons. The van der Waals surface area contributed by atoms with E-state index in [2.05, 4.69) is 20.4 Å². The average Bonchev–Trinajstić information content (AvgIpc) is 3.02. The number of nitrogens with zero attached hydrogens (tertiary/aromatic N) is 4. The van der Waals surface area contributed by atoms with E-state index in [0.717, 1.165) is 16.8 Å². The number of carbonyl (C=O) groups is 1. The van der Waals surface area contributed by atoms with Gasteiger partial charge in [-0.25, -0.2) is 12.9 Å². The molecule has 3 aromatic rings. The van der Waals surface area contributed by atoms with Crippen LogP contribution in [-0.4, -0.2) is 45.4 Å². The topological polar surface area (TPSA) is 106 Å². The molecule has 8 nitrogen and oxygen atoms in total. The first-order valence-corrected chi connectivity index (χ1v) is 10.5. The Morgan fingerprint density at radius 2 is 1.96 bits per heavy atom. The molecule has 3 aromatic heterocycles. The zero-order valence-corrected chi connectivity index (χ0v) is 15.6. The van der Waals surface area contributed by atoms with E-state index in [9.17, 15) is 13.2 Å². The van der Waals surface area contributed by atoms with Crippen molar-refractivity contribution in [3.05, 3.63) is 42.4 Å². The number of nitrogens with one attached hydrogen (secondary N) is 1. The molecule has 1 fully saturated rings. The highest BCUT2D eigenvalue weighted by molar-refractivity contribution is 7.91. The molecule has 0 bridgehead atoms. The van der Waals surface area contributed by atoms with Crippen LogP contribution in [0.1, 0.15) is 18.5 Å². The van der Waals surface area contributed by atoms with Gasteiger partial charge in [0.05, 0.1) is 11.5 Å². The van der Waals surface area contributed by atoms with E-state index in [4.69, 9.17) is 0 Å². The minimum atomic E-state index is -3.00. The van der Waals surface area contributed by atoms with Gasteiger partial charge >= 0.3 is 0 Å². The van der Waals surface area contributed by atoms with E-state index in [0.29, 0.717) is 18.5 Å². The van der Waals surface area contributed by atoms with Crippen molar-refractivity contribution < 1.29 is 13.2 Å². The lowest BCUT2D eigenvalue weighted by Gasteiger charge is -2.20. The second-order valence-corrected chi connectivity index (χ2v) is 9.06. The van der Waals surface area contributed by atoms with Gasteiger partial charge in [-0.15, -0.1) is 5.10 Å². The van der Waals surface area contributed by atoms with Gasteiger partial charge in [-0.2, -0.15) is 4.98 Å². The smallest absolute Gasteiger partial charge is 0.249 e. The maximum atomic E-state index is 12.4. The second-order valence-electron chi connectivity index (χ2n) is 6.76. The normalized spacial score (nSPS) is 17.1. The van der Waals surface area contributed by atoms with Gasteiger partial charge in [0.2, 0.25) is 11.9 Å². The van der Waals surface area contributed by atoms with Crippen molar-refractivity contribution in [3.8, 4) is 11.1 Å². The molecule has 9 heteroatoms. The summed E-state index contributed by atoms with van der Waals surface area (Å²) in [6, 6.07) is 7.68. The van der Waals surface area contributed by atoms with Crippen LogP contribution in [0.15, 0.2) is 36.7 Å². The fourth-order valence-corrected chi connectivity index (χ4v) is 4.69. The Hall–Kier alpha value is -2.81. The Morgan fingerprint density at radius 3 is 2.70 bits per heavy atom. The number of pyridine rings is 2. The molecule has 1 N–H and O–H groups in total. The van der Waals surface area contributed by atoms with Gasteiger partial charge in [0.1, 0.15) is 9.84 Å². The van der Waals surface area contributed by atoms with Crippen molar-refractivity contribution in [2.45, 2.75) is 19.8 Å². The number of hydrogen-bond acceptors (Lipinski definition) is 6. The lowest BCUT2D eigenvalue weighted by molar-refractivity contribution is -0.120. The van der Waals surface area contributed by atoms with Crippen LogP contribution in [0.5, 0.6) is 0 Å². The highest BCUT2D eigenvalue weighted by atomic mass is 32.2. The van der Waals surface area contributed by atoms with Crippen LogP contribution in [0.3, 0.4) is 0 Å². The van der Waals surface area contributed by atoms with E-state index < -0.39 is 9.84 Å². The quantitative estimate of drug-likeness (QED) is 0.738. The SMILES string of the molecule is Cc1cc(-c2ccc3nc(NC(=O)C4CCS(=O)(=O)CC4)nn3c2)ccn1. The highest BCUT2D eigenvalue weighted by Gasteiger charge is 2.29. The predicted molar refractivity (Wildman–Crippen MR) is 101 cm³/mol. The molecule has 1 saturated heterocycles. The summed E-state index contributed by atoms with van der Waals surface area (Å²) >= 11 is 0. The van der Waals surface area contributed by atoms with Crippen LogP contribution < -0.4 is 5.32 Å². The summed E-state index contributed by atoms with van der Waals surface area (Å²) in [5.74, 6) is -0.227. The standard InChI is InChI=1S/C18H19N5O3S/c1-12-10-14(4-7-19-12)15-2-3-16-20-18(22-23(16)11-15)21-17(24)13-5-8-27(25,26)9-6-13/h2-4,7,10-11,13H,5-6,8-9H2,1H3,(H,21,22,24). The van der Waals surface area contributed by atoms with Crippen LogP contribution in [0.4, 0.5) is 5.95 Å². The number of anilines is 1. The van der Waals surface area contributed by atoms with Crippen LogP contribution in [-0.2, 0) is 14.6 Å². The minimum absolute atomic E-state index is 0.0540. The van der Waals surface area contributed by atoms with Crippen molar-refractivity contribution >= 4 is 27.3 Å². The number of aryl methyl sites for hydroxylation is 1. The number of rotatable bonds is 3. The molecule has 0 spiro atoms. The number of carbonyl (C=O) groups excluding carboxylic acids is 1. The summed E-state index contributed by atoms with van der Waals surface area (Å²) in [7, 11) is -3.00. The summed E-state index contributed by atoms with van der Waals surface area (Å²) < 4.78 is 24.6. The molecule has 0 atom stereocenters. The van der Waals surface area contributed by atoms with Gasteiger partial charge in [-0.05, 0) is 49.6 Å². The van der Waals surface area contributed by atoms with Gasteiger partial charge in [0.25, 0.3) is 0 Å². The summed E-state index contributed by atoms with van der Waals surface area (Å²) in [4.78, 5) is 20.9. The fourth-order valence-electron chi connectivity index (χ4n) is 3.20. The van der Waals surface area contributed by atoms with E-state index in [1.807, 2.05) is 37.4 Å². The monoisotopic (exact) mass is 385 g/mol. The molecule has 0 saturated carbocycles. The van der Waals surface area contributed by atoms with E-state index in [1.165, 1.54) is 0 Å². The molecule has 27 heavy (non-hydrogen) atoms. The van der Waals surface area contributed by atoms with Crippen LogP contribution in [0.2, 0.25) is 0 Å². The van der Waals surface area contributed by atoms with Gasteiger partial charge in [0, 0.05) is 29.6 Å². The molecule has 0 aromatic carbocycles. The summed E-state index contributed by atoms with van der Waals surface area (Å²) in [5, 5.41) is 7.03. The molecule has 1 amide bonds. The maximum absolute atomic E-state index is 12.4. The molecule has 1 aliphatic heterocycles. The largest absolute Gasteiger partial charge is 0.293 e. The number of fused-ring (bicyclic) bond motifs is 1. The van der Waals surface area contributed by atoms with Gasteiger partial charge in [0.15, 0.2) is 5.65 Å². The Bertz CT molecular complexity index is 1110. The van der Waals surface area contributed by atoms with E-state index in [-0.39, 0.29) is 29.3 Å². The second kappa shape index (κ2) is 6.73. The van der Waals surface area contributed by atoms with Crippen molar-refractivity contribution in [2.24, 2.45) is 5.92 Å². The Kier molecular flexibility index (Phi) is 4.39. The molecule has 4 rings (SSSR count). The van der Waals surface area contributed by atoms with Crippen LogP contribution in [0, 0.1) is 12.8 Å². The Morgan fingerprint density at radius 1 is 1.19 bits per heavy atom. The van der Waals surface area contributed by atoms with Crippen LogP contribution >= 0.6 is 0 Å². The molecule has 4 heterocycles. The molecule has 0 unspecified atom stereocenters. The Labute approximate surface area is 156 Å². The Balaban J connectivity index is 1.53. The zero-order chi connectivity index (χ0) is 19.0. The predicted octanol–water partition coefficient (Wildman–Crippen LogP) is 1.86. The lowest BCUT2D eigenvalue weighted by atomic mass is 10.0. The van der Waals surface area contributed by atoms with Crippen molar-refractivity contribution in [3.63, 3.8) is 0 Å². The minimum Gasteiger partial charge on any atom is -0.293 e. The van der Waals surface area contributed by atoms with Crippen LogP contribution in [0.25, 0.3) is 16.8 Å². The summed E-state index contributed by atoms with van der Waals surface area (Å²) in [5.41, 5.74) is 3.53. The molecule has 0 aliphatic carbocycles. The maximum Gasteiger partial charge on any atom is 0.249 e. The van der Waals surface area contributed by atoms with Crippen molar-refractivity contribution in [1.82, 2.24) is 19.6 Å². The first kappa shape index (κ1) is 17.6. The lowest BCUT2D eigenvalue weighted by Crippen LogP contribution is -2.32. The molecule has 1 aliphatic rings. The molecular weight excluding hydrogens is 366 g/mol. The summed E-state index contributed by atoms with van der Waals surface area (Å²) in [6.45, 7) is 1.93. The van der Waals surface area contributed by atoms with Gasteiger partial charge < -0.3 is 0 Å². The first-order valence-electron chi connectivity index (χ1n) is 8.70. The van der Waals surface area contributed by atoms with E-state index in [1.54, 1.807) is 10.7 Å².